The number of hydrogen-bond acceptors (Lipinski definition) is 5. The van der Waals surface area contributed by atoms with E-state index in [0.717, 1.165) is 67.3 Å². The highest BCUT2D eigenvalue weighted by Crippen LogP contribution is 2.29. The van der Waals surface area contributed by atoms with Gasteiger partial charge in [-0.3, -0.25) is 0 Å². The van der Waals surface area contributed by atoms with Crippen molar-refractivity contribution >= 4 is 43.6 Å². The summed E-state index contributed by atoms with van der Waals surface area (Å²) in [4.78, 5) is 15.8. The number of para-hydroxylation sites is 5. The molecule has 0 atom stereocenters. The van der Waals surface area contributed by atoms with Gasteiger partial charge in [0.1, 0.15) is 28.3 Å². The Morgan fingerprint density at radius 1 is 0.429 bits per heavy atom. The number of phenolic OH excluding ortho intramolecular Hbond substituents is 3. The summed E-state index contributed by atoms with van der Waals surface area (Å²) in [5.74, 6) is 0.870. The zero-order chi connectivity index (χ0) is 38.7. The van der Waals surface area contributed by atoms with Crippen molar-refractivity contribution in [1.82, 2.24) is 19.9 Å². The summed E-state index contributed by atoms with van der Waals surface area (Å²) in [6.07, 6.45) is 10.3. The summed E-state index contributed by atoms with van der Waals surface area (Å²) in [5.41, 5.74) is 8.09. The molecule has 0 spiro atoms. The van der Waals surface area contributed by atoms with Crippen molar-refractivity contribution in [3.63, 3.8) is 0 Å². The monoisotopic (exact) mass is 740 g/mol. The molecule has 0 unspecified atom stereocenters. The first-order chi connectivity index (χ1) is 27.5. The highest BCUT2D eigenvalue weighted by atomic mass is 16.3. The minimum absolute atomic E-state index is 0.209. The number of aromatic amines is 2. The molecule has 4 heterocycles. The normalized spacial score (nSPS) is 11.0. The summed E-state index contributed by atoms with van der Waals surface area (Å²) in [5, 5.41) is 33.6. The van der Waals surface area contributed by atoms with Crippen LogP contribution < -0.4 is 0 Å². The third kappa shape index (κ3) is 9.19. The number of fused-ring (bicyclic) bond motifs is 4. The van der Waals surface area contributed by atoms with Crippen LogP contribution in [-0.4, -0.2) is 35.3 Å². The molecule has 0 radical (unpaired) electrons. The highest BCUT2D eigenvalue weighted by Gasteiger charge is 2.09. The third-order valence-electron chi connectivity index (χ3n) is 10.1. The van der Waals surface area contributed by atoms with Crippen molar-refractivity contribution < 1.29 is 15.3 Å². The molecular formula is C49H48N4O3. The maximum Gasteiger partial charge on any atom is 0.141 e. The van der Waals surface area contributed by atoms with Gasteiger partial charge in [-0.2, -0.15) is 0 Å². The van der Waals surface area contributed by atoms with Gasteiger partial charge in [0.2, 0.25) is 0 Å². The number of aryl methyl sites for hydroxylation is 1. The Balaban J connectivity index is 0.000000130. The predicted octanol–water partition coefficient (Wildman–Crippen LogP) is 12.9. The van der Waals surface area contributed by atoms with E-state index in [1.165, 1.54) is 44.9 Å². The Kier molecular flexibility index (Phi) is 12.2. The number of benzene rings is 5. The number of nitrogens with one attached hydrogen (secondary N) is 2. The molecule has 0 saturated carbocycles. The van der Waals surface area contributed by atoms with Crippen LogP contribution in [0.2, 0.25) is 0 Å². The first-order valence-electron chi connectivity index (χ1n) is 19.6. The van der Waals surface area contributed by atoms with Crippen LogP contribution >= 0.6 is 0 Å². The van der Waals surface area contributed by atoms with Crippen molar-refractivity contribution in [3.05, 3.63) is 151 Å². The van der Waals surface area contributed by atoms with Crippen LogP contribution in [-0.2, 0) is 6.42 Å². The van der Waals surface area contributed by atoms with Crippen LogP contribution in [0.15, 0.2) is 146 Å². The minimum Gasteiger partial charge on any atom is -0.508 e. The maximum absolute atomic E-state index is 9.91. The van der Waals surface area contributed by atoms with Gasteiger partial charge in [-0.1, -0.05) is 136 Å². The van der Waals surface area contributed by atoms with Crippen LogP contribution in [0, 0.1) is 0 Å². The van der Waals surface area contributed by atoms with E-state index in [-0.39, 0.29) is 11.5 Å². The van der Waals surface area contributed by atoms with E-state index in [2.05, 4.69) is 51.1 Å². The number of hydrogen-bond donors (Lipinski definition) is 5. The number of phenols is 3. The number of unbranched alkanes of at least 4 members (excludes halogenated alkanes) is 6. The first-order valence-corrected chi connectivity index (χ1v) is 19.6. The summed E-state index contributed by atoms with van der Waals surface area (Å²) in [7, 11) is 0. The SMILES string of the molecule is CCCCCCCCCc1ccccc1O.Oc1cccc2ccc(-c3cc4ccccc4[nH]3)nc12.Oc1cccc2ccc(-c3cc4ccccc4[nH]3)nc12. The van der Waals surface area contributed by atoms with Crippen LogP contribution in [0.25, 0.3) is 66.4 Å². The fourth-order valence-electron chi connectivity index (χ4n) is 6.98. The second-order valence-corrected chi connectivity index (χ2v) is 14.1. The molecule has 7 heteroatoms. The van der Waals surface area contributed by atoms with Crippen molar-refractivity contribution in [3.8, 4) is 40.0 Å². The molecule has 4 aromatic heterocycles. The van der Waals surface area contributed by atoms with Gasteiger partial charge >= 0.3 is 0 Å². The quantitative estimate of drug-likeness (QED) is 0.0895. The van der Waals surface area contributed by atoms with Gasteiger partial charge in [-0.05, 0) is 73.0 Å². The van der Waals surface area contributed by atoms with E-state index in [1.54, 1.807) is 18.2 Å². The molecule has 5 aromatic carbocycles. The van der Waals surface area contributed by atoms with Gasteiger partial charge in [0.05, 0.1) is 22.8 Å². The molecule has 5 N–H and O–H groups in total. The second kappa shape index (κ2) is 18.2. The lowest BCUT2D eigenvalue weighted by atomic mass is 10.0. The van der Waals surface area contributed by atoms with Gasteiger partial charge in [-0.15, -0.1) is 0 Å². The molecule has 0 aliphatic heterocycles. The Labute approximate surface area is 327 Å². The van der Waals surface area contributed by atoms with E-state index in [1.807, 2.05) is 103 Å². The number of nitrogens with zero attached hydrogens (tertiary/aromatic N) is 2. The smallest absolute Gasteiger partial charge is 0.141 e. The fraction of sp³-hybridized carbons (Fsp3) is 0.184. The van der Waals surface area contributed by atoms with Gasteiger partial charge in [0, 0.05) is 32.6 Å². The van der Waals surface area contributed by atoms with Crippen LogP contribution in [0.3, 0.4) is 0 Å². The summed E-state index contributed by atoms with van der Waals surface area (Å²) in [6.45, 7) is 2.25. The molecular weight excluding hydrogens is 693 g/mol. The van der Waals surface area contributed by atoms with Gasteiger partial charge in [0.15, 0.2) is 0 Å². The zero-order valence-corrected chi connectivity index (χ0v) is 31.7. The molecule has 0 aliphatic rings. The second-order valence-electron chi connectivity index (χ2n) is 14.1. The molecule has 0 bridgehead atoms. The van der Waals surface area contributed by atoms with Crippen molar-refractivity contribution in [2.45, 2.75) is 58.3 Å². The predicted molar refractivity (Wildman–Crippen MR) is 231 cm³/mol. The highest BCUT2D eigenvalue weighted by molar-refractivity contribution is 5.90. The minimum atomic E-state index is 0.209. The van der Waals surface area contributed by atoms with Crippen LogP contribution in [0.4, 0.5) is 0 Å². The van der Waals surface area contributed by atoms with E-state index in [0.29, 0.717) is 16.8 Å². The molecule has 7 nitrogen and oxygen atoms in total. The standard InChI is InChI=1S/2C17H12N2O.C15H24O/c2*20-16-7-3-5-11-8-9-14(19-17(11)16)15-10-12-4-1-2-6-13(12)18-15;1-2-3-4-5-6-7-8-11-14-12-9-10-13-15(14)16/h2*1-10,18,20H;9-10,12-13,16H,2-8,11H2,1H3. The molecule has 0 saturated heterocycles. The van der Waals surface area contributed by atoms with Crippen molar-refractivity contribution in [1.29, 1.82) is 0 Å². The molecule has 0 amide bonds. The van der Waals surface area contributed by atoms with Gasteiger partial charge in [-0.25, -0.2) is 9.97 Å². The Bertz CT molecular complexity index is 2460. The fourth-order valence-corrected chi connectivity index (χ4v) is 6.98. The number of aromatic hydroxyl groups is 3. The lowest BCUT2D eigenvalue weighted by Gasteiger charge is -2.04. The van der Waals surface area contributed by atoms with E-state index in [9.17, 15) is 15.3 Å². The number of rotatable bonds is 10. The topological polar surface area (TPSA) is 118 Å². The molecule has 9 rings (SSSR count). The lowest BCUT2D eigenvalue weighted by molar-refractivity contribution is 0.466. The average Bonchev–Trinajstić information content (AvgIpc) is 3.87. The third-order valence-corrected chi connectivity index (χ3v) is 10.1. The molecule has 0 aliphatic carbocycles. The maximum atomic E-state index is 9.91. The van der Waals surface area contributed by atoms with E-state index < -0.39 is 0 Å². The van der Waals surface area contributed by atoms with Gasteiger partial charge in [0.25, 0.3) is 0 Å². The number of aromatic nitrogens is 4. The summed E-state index contributed by atoms with van der Waals surface area (Å²) in [6, 6.07) is 46.8. The average molecular weight is 741 g/mol. The Hall–Kier alpha value is -6.60. The van der Waals surface area contributed by atoms with Crippen LogP contribution in [0.5, 0.6) is 17.2 Å². The Morgan fingerprint density at radius 3 is 1.39 bits per heavy atom. The van der Waals surface area contributed by atoms with E-state index in [4.69, 9.17) is 0 Å². The molecule has 56 heavy (non-hydrogen) atoms. The first kappa shape index (κ1) is 37.7. The zero-order valence-electron chi connectivity index (χ0n) is 31.7. The molecule has 282 valence electrons. The summed E-state index contributed by atoms with van der Waals surface area (Å²) < 4.78 is 0. The molecule has 9 aromatic rings. The van der Waals surface area contributed by atoms with E-state index >= 15 is 0 Å². The van der Waals surface area contributed by atoms with Crippen molar-refractivity contribution in [2.75, 3.05) is 0 Å². The van der Waals surface area contributed by atoms with Gasteiger partial charge < -0.3 is 25.3 Å². The largest absolute Gasteiger partial charge is 0.508 e. The lowest BCUT2D eigenvalue weighted by Crippen LogP contribution is -1.87. The van der Waals surface area contributed by atoms with Crippen LogP contribution in [0.1, 0.15) is 57.4 Å². The number of H-pyrrole nitrogens is 2. The van der Waals surface area contributed by atoms with Crippen molar-refractivity contribution in [2.24, 2.45) is 0 Å². The molecule has 0 fully saturated rings. The number of pyridine rings is 2. The summed E-state index contributed by atoms with van der Waals surface area (Å²) >= 11 is 0. The Morgan fingerprint density at radius 2 is 0.875 bits per heavy atom.